The highest BCUT2D eigenvalue weighted by Crippen LogP contribution is 2.36. The van der Waals surface area contributed by atoms with Crippen LogP contribution < -0.4 is 10.6 Å². The van der Waals surface area contributed by atoms with Crippen molar-refractivity contribution in [1.29, 1.82) is 0 Å². The molecule has 0 spiro atoms. The number of likely N-dealkylation sites (tertiary alicyclic amines) is 1. The molecule has 0 aliphatic carbocycles. The quantitative estimate of drug-likeness (QED) is 0.449. The van der Waals surface area contributed by atoms with Crippen molar-refractivity contribution in [3.05, 3.63) is 57.8 Å². The van der Waals surface area contributed by atoms with Gasteiger partial charge in [-0.2, -0.15) is 0 Å². The summed E-state index contributed by atoms with van der Waals surface area (Å²) in [5.41, 5.74) is 2.60. The molecule has 6 heteroatoms. The summed E-state index contributed by atoms with van der Waals surface area (Å²) in [7, 11) is 4.42. The van der Waals surface area contributed by atoms with E-state index >= 15 is 0 Å². The molecule has 1 aliphatic rings. The molecular formula is C25H39N5S. The first kappa shape index (κ1) is 23.8. The molecule has 0 amide bonds. The number of nitrogens with zero attached hydrogens (tertiary/aromatic N) is 3. The third-order valence-electron chi connectivity index (χ3n) is 6.12. The number of thiophene rings is 1. The van der Waals surface area contributed by atoms with Gasteiger partial charge in [-0.15, -0.1) is 11.3 Å². The molecule has 1 aromatic carbocycles. The second-order valence-corrected chi connectivity index (χ2v) is 9.55. The molecule has 1 saturated heterocycles. The van der Waals surface area contributed by atoms with Gasteiger partial charge in [-0.3, -0.25) is 4.90 Å². The Bertz CT molecular complexity index is 804. The van der Waals surface area contributed by atoms with E-state index in [0.717, 1.165) is 32.1 Å². The molecule has 0 saturated carbocycles. The average Bonchev–Trinajstić information content (AvgIpc) is 3.30. The SMILES string of the molecule is CCNC(=NCc1cccc(CN(C)CC)c1)NCC1CCCN(C)C1c1cccs1. The molecule has 2 N–H and O–H groups in total. The Hall–Kier alpha value is -1.89. The lowest BCUT2D eigenvalue weighted by molar-refractivity contribution is 0.125. The Labute approximate surface area is 192 Å². The van der Waals surface area contributed by atoms with Crippen molar-refractivity contribution < 1.29 is 0 Å². The van der Waals surface area contributed by atoms with E-state index in [9.17, 15) is 0 Å². The summed E-state index contributed by atoms with van der Waals surface area (Å²) < 4.78 is 0. The molecule has 170 valence electrons. The van der Waals surface area contributed by atoms with Gasteiger partial charge in [-0.25, -0.2) is 4.99 Å². The number of guanidine groups is 1. The van der Waals surface area contributed by atoms with Gasteiger partial charge in [-0.1, -0.05) is 37.3 Å². The lowest BCUT2D eigenvalue weighted by Gasteiger charge is -2.39. The topological polar surface area (TPSA) is 42.9 Å². The molecule has 1 aromatic heterocycles. The van der Waals surface area contributed by atoms with Crippen LogP contribution in [0.5, 0.6) is 0 Å². The number of nitrogens with one attached hydrogen (secondary N) is 2. The summed E-state index contributed by atoms with van der Waals surface area (Å²) in [5.74, 6) is 1.51. The van der Waals surface area contributed by atoms with Crippen LogP contribution in [0.1, 0.15) is 48.7 Å². The highest BCUT2D eigenvalue weighted by atomic mass is 32.1. The molecule has 3 rings (SSSR count). The molecule has 2 aromatic rings. The largest absolute Gasteiger partial charge is 0.357 e. The molecule has 2 atom stereocenters. The van der Waals surface area contributed by atoms with Crippen LogP contribution in [-0.4, -0.2) is 56.0 Å². The summed E-state index contributed by atoms with van der Waals surface area (Å²) in [4.78, 5) is 11.2. The van der Waals surface area contributed by atoms with Crippen LogP contribution >= 0.6 is 11.3 Å². The Balaban J connectivity index is 1.62. The molecular weight excluding hydrogens is 402 g/mol. The zero-order valence-corrected chi connectivity index (χ0v) is 20.4. The fraction of sp³-hybridized carbons (Fsp3) is 0.560. The van der Waals surface area contributed by atoms with Crippen molar-refractivity contribution in [3.8, 4) is 0 Å². The number of rotatable bonds is 9. The minimum absolute atomic E-state index is 0.497. The van der Waals surface area contributed by atoms with Gasteiger partial charge < -0.3 is 15.5 Å². The van der Waals surface area contributed by atoms with Gasteiger partial charge in [0.15, 0.2) is 5.96 Å². The molecule has 1 fully saturated rings. The number of hydrogen-bond donors (Lipinski definition) is 2. The number of benzene rings is 1. The van der Waals surface area contributed by atoms with Gasteiger partial charge in [0.2, 0.25) is 0 Å². The first-order valence-corrected chi connectivity index (χ1v) is 12.5. The van der Waals surface area contributed by atoms with E-state index in [-0.39, 0.29) is 0 Å². The van der Waals surface area contributed by atoms with E-state index in [0.29, 0.717) is 18.5 Å². The van der Waals surface area contributed by atoms with Crippen LogP contribution in [0, 0.1) is 5.92 Å². The lowest BCUT2D eigenvalue weighted by atomic mass is 9.88. The third-order valence-corrected chi connectivity index (χ3v) is 7.06. The molecule has 0 radical (unpaired) electrons. The normalized spacial score (nSPS) is 20.2. The van der Waals surface area contributed by atoms with E-state index in [1.807, 2.05) is 11.3 Å². The van der Waals surface area contributed by atoms with Crippen molar-refractivity contribution in [2.24, 2.45) is 10.9 Å². The molecule has 2 heterocycles. The first-order valence-electron chi connectivity index (χ1n) is 11.6. The Morgan fingerprint density at radius 2 is 2.03 bits per heavy atom. The molecule has 31 heavy (non-hydrogen) atoms. The predicted octanol–water partition coefficient (Wildman–Crippen LogP) is 4.34. The second kappa shape index (κ2) is 12.2. The van der Waals surface area contributed by atoms with Gasteiger partial charge in [0.1, 0.15) is 0 Å². The highest BCUT2D eigenvalue weighted by molar-refractivity contribution is 7.10. The van der Waals surface area contributed by atoms with E-state index < -0.39 is 0 Å². The van der Waals surface area contributed by atoms with E-state index in [2.05, 4.69) is 90.2 Å². The van der Waals surface area contributed by atoms with E-state index in [4.69, 9.17) is 4.99 Å². The summed E-state index contributed by atoms with van der Waals surface area (Å²) in [5, 5.41) is 9.26. The summed E-state index contributed by atoms with van der Waals surface area (Å²) in [6.45, 7) is 10.0. The highest BCUT2D eigenvalue weighted by Gasteiger charge is 2.31. The van der Waals surface area contributed by atoms with Gasteiger partial charge in [-0.05, 0) is 75.4 Å². The zero-order valence-electron chi connectivity index (χ0n) is 19.6. The maximum absolute atomic E-state index is 4.89. The van der Waals surface area contributed by atoms with Crippen LogP contribution in [0.2, 0.25) is 0 Å². The van der Waals surface area contributed by atoms with E-state index in [1.165, 1.54) is 35.4 Å². The van der Waals surface area contributed by atoms with Crippen LogP contribution in [0.25, 0.3) is 0 Å². The van der Waals surface area contributed by atoms with Crippen LogP contribution in [0.15, 0.2) is 46.8 Å². The lowest BCUT2D eigenvalue weighted by Crippen LogP contribution is -2.44. The van der Waals surface area contributed by atoms with Crippen molar-refractivity contribution in [2.75, 3.05) is 40.3 Å². The minimum Gasteiger partial charge on any atom is -0.357 e. The Morgan fingerprint density at radius 1 is 1.19 bits per heavy atom. The first-order chi connectivity index (χ1) is 15.1. The predicted molar refractivity (Wildman–Crippen MR) is 134 cm³/mol. The molecule has 2 unspecified atom stereocenters. The number of hydrogen-bond acceptors (Lipinski definition) is 4. The molecule has 0 bridgehead atoms. The maximum Gasteiger partial charge on any atom is 0.191 e. The summed E-state index contributed by atoms with van der Waals surface area (Å²) >= 11 is 1.88. The van der Waals surface area contributed by atoms with E-state index in [1.54, 1.807) is 0 Å². The fourth-order valence-corrected chi connectivity index (χ4v) is 5.36. The third kappa shape index (κ3) is 7.06. The van der Waals surface area contributed by atoms with Crippen LogP contribution in [-0.2, 0) is 13.1 Å². The van der Waals surface area contributed by atoms with Gasteiger partial charge in [0, 0.05) is 30.6 Å². The Morgan fingerprint density at radius 3 is 2.77 bits per heavy atom. The molecule has 1 aliphatic heterocycles. The van der Waals surface area contributed by atoms with Crippen molar-refractivity contribution in [2.45, 2.75) is 45.8 Å². The number of aliphatic imine (C=N–C) groups is 1. The average molecular weight is 442 g/mol. The smallest absolute Gasteiger partial charge is 0.191 e. The van der Waals surface area contributed by atoms with Crippen molar-refractivity contribution >= 4 is 17.3 Å². The monoisotopic (exact) mass is 441 g/mol. The van der Waals surface area contributed by atoms with Crippen LogP contribution in [0.4, 0.5) is 0 Å². The summed E-state index contributed by atoms with van der Waals surface area (Å²) in [6, 6.07) is 13.8. The Kier molecular flexibility index (Phi) is 9.37. The van der Waals surface area contributed by atoms with Crippen molar-refractivity contribution in [1.82, 2.24) is 20.4 Å². The van der Waals surface area contributed by atoms with Crippen LogP contribution in [0.3, 0.4) is 0 Å². The molecule has 5 nitrogen and oxygen atoms in total. The fourth-order valence-electron chi connectivity index (χ4n) is 4.37. The van der Waals surface area contributed by atoms with Gasteiger partial charge in [0.05, 0.1) is 6.54 Å². The summed E-state index contributed by atoms with van der Waals surface area (Å²) in [6.07, 6.45) is 2.52. The zero-order chi connectivity index (χ0) is 22.1. The van der Waals surface area contributed by atoms with Gasteiger partial charge in [0.25, 0.3) is 0 Å². The standard InChI is InChI=1S/C25H39N5S/c1-5-26-25(27-17-20-10-7-11-21(16-20)19-29(3)6-2)28-18-22-12-8-14-30(4)24(22)23-13-9-15-31-23/h7,9-11,13,15-16,22,24H,5-6,8,12,14,17-19H2,1-4H3,(H2,26,27,28). The minimum atomic E-state index is 0.497. The second-order valence-electron chi connectivity index (χ2n) is 8.57. The van der Waals surface area contributed by atoms with Crippen molar-refractivity contribution in [3.63, 3.8) is 0 Å². The number of piperidine rings is 1. The van der Waals surface area contributed by atoms with Gasteiger partial charge >= 0.3 is 0 Å². The maximum atomic E-state index is 4.89.